The van der Waals surface area contributed by atoms with E-state index in [4.69, 9.17) is 9.47 Å². The molecule has 0 radical (unpaired) electrons. The molecule has 0 bridgehead atoms. The molecule has 92 valence electrons. The zero-order valence-corrected chi connectivity index (χ0v) is 10.2. The van der Waals surface area contributed by atoms with E-state index in [1.807, 2.05) is 11.8 Å². The third-order valence-corrected chi connectivity index (χ3v) is 2.56. The Morgan fingerprint density at radius 2 is 2.38 bits per heavy atom. The van der Waals surface area contributed by atoms with Crippen molar-refractivity contribution < 1.29 is 14.3 Å². The standard InChI is InChI=1S/C12H21NO3/c1-3-8-16-10-12(14)13-6-4-11(5-7-13)9-15-2/h4H,3,5-10H2,1-2H3. The van der Waals surface area contributed by atoms with Gasteiger partial charge in [0.15, 0.2) is 0 Å². The highest BCUT2D eigenvalue weighted by atomic mass is 16.5. The van der Waals surface area contributed by atoms with Crippen LogP contribution >= 0.6 is 0 Å². The van der Waals surface area contributed by atoms with Gasteiger partial charge in [-0.1, -0.05) is 13.0 Å². The molecule has 0 atom stereocenters. The highest BCUT2D eigenvalue weighted by molar-refractivity contribution is 5.77. The van der Waals surface area contributed by atoms with Crippen LogP contribution in [0.1, 0.15) is 19.8 Å². The van der Waals surface area contributed by atoms with Crippen LogP contribution in [0.15, 0.2) is 11.6 Å². The topological polar surface area (TPSA) is 38.8 Å². The van der Waals surface area contributed by atoms with Crippen LogP contribution < -0.4 is 0 Å². The number of nitrogens with zero attached hydrogens (tertiary/aromatic N) is 1. The summed E-state index contributed by atoms with van der Waals surface area (Å²) < 4.78 is 10.3. The number of hydrogen-bond donors (Lipinski definition) is 0. The second kappa shape index (κ2) is 7.41. The molecular weight excluding hydrogens is 206 g/mol. The van der Waals surface area contributed by atoms with Gasteiger partial charge in [-0.2, -0.15) is 0 Å². The number of carbonyl (C=O) groups is 1. The maximum atomic E-state index is 11.7. The largest absolute Gasteiger partial charge is 0.380 e. The van der Waals surface area contributed by atoms with E-state index in [0.29, 0.717) is 19.8 Å². The lowest BCUT2D eigenvalue weighted by atomic mass is 10.1. The van der Waals surface area contributed by atoms with Gasteiger partial charge in [-0.05, 0) is 18.4 Å². The van der Waals surface area contributed by atoms with Crippen molar-refractivity contribution in [2.75, 3.05) is 40.0 Å². The summed E-state index contributed by atoms with van der Waals surface area (Å²) in [5.74, 6) is 0.0844. The number of ether oxygens (including phenoxy) is 2. The van der Waals surface area contributed by atoms with E-state index >= 15 is 0 Å². The first-order chi connectivity index (χ1) is 7.77. The summed E-state index contributed by atoms with van der Waals surface area (Å²) in [5, 5.41) is 0. The third-order valence-electron chi connectivity index (χ3n) is 2.56. The van der Waals surface area contributed by atoms with Crippen molar-refractivity contribution in [1.29, 1.82) is 0 Å². The average molecular weight is 227 g/mol. The van der Waals surface area contributed by atoms with Gasteiger partial charge in [0.2, 0.25) is 5.91 Å². The van der Waals surface area contributed by atoms with Crippen LogP contribution in [0.4, 0.5) is 0 Å². The molecule has 16 heavy (non-hydrogen) atoms. The van der Waals surface area contributed by atoms with E-state index in [1.54, 1.807) is 7.11 Å². The van der Waals surface area contributed by atoms with Crippen molar-refractivity contribution in [2.45, 2.75) is 19.8 Å². The molecule has 0 saturated heterocycles. The van der Waals surface area contributed by atoms with Crippen molar-refractivity contribution in [2.24, 2.45) is 0 Å². The quantitative estimate of drug-likeness (QED) is 0.506. The minimum Gasteiger partial charge on any atom is -0.380 e. The monoisotopic (exact) mass is 227 g/mol. The average Bonchev–Trinajstić information content (AvgIpc) is 2.30. The second-order valence-corrected chi connectivity index (χ2v) is 3.94. The van der Waals surface area contributed by atoms with E-state index in [-0.39, 0.29) is 12.5 Å². The lowest BCUT2D eigenvalue weighted by Crippen LogP contribution is -2.37. The van der Waals surface area contributed by atoms with Crippen LogP contribution in [0, 0.1) is 0 Å². The van der Waals surface area contributed by atoms with Crippen LogP contribution in [0.3, 0.4) is 0 Å². The van der Waals surface area contributed by atoms with Gasteiger partial charge in [0, 0.05) is 26.8 Å². The van der Waals surface area contributed by atoms with Gasteiger partial charge in [0.1, 0.15) is 6.61 Å². The van der Waals surface area contributed by atoms with Crippen molar-refractivity contribution in [3.05, 3.63) is 11.6 Å². The van der Waals surface area contributed by atoms with E-state index in [2.05, 4.69) is 6.08 Å². The minimum atomic E-state index is 0.0844. The predicted molar refractivity (Wildman–Crippen MR) is 62.3 cm³/mol. The first kappa shape index (κ1) is 13.2. The molecule has 1 aliphatic heterocycles. The summed E-state index contributed by atoms with van der Waals surface area (Å²) >= 11 is 0. The Bertz CT molecular complexity index is 251. The Morgan fingerprint density at radius 1 is 1.56 bits per heavy atom. The molecule has 1 rings (SSSR count). The molecule has 0 aromatic carbocycles. The Hall–Kier alpha value is -0.870. The number of amides is 1. The fourth-order valence-electron chi connectivity index (χ4n) is 1.65. The van der Waals surface area contributed by atoms with Crippen molar-refractivity contribution in [1.82, 2.24) is 4.90 Å². The molecule has 0 aliphatic carbocycles. The molecule has 4 nitrogen and oxygen atoms in total. The van der Waals surface area contributed by atoms with E-state index in [9.17, 15) is 4.79 Å². The van der Waals surface area contributed by atoms with E-state index in [1.165, 1.54) is 5.57 Å². The van der Waals surface area contributed by atoms with Crippen LogP contribution in [-0.4, -0.2) is 50.8 Å². The lowest BCUT2D eigenvalue weighted by Gasteiger charge is -2.26. The summed E-state index contributed by atoms with van der Waals surface area (Å²) in [4.78, 5) is 13.5. The summed E-state index contributed by atoms with van der Waals surface area (Å²) in [6.45, 7) is 5.04. The highest BCUT2D eigenvalue weighted by Crippen LogP contribution is 2.10. The molecule has 0 aromatic heterocycles. The summed E-state index contributed by atoms with van der Waals surface area (Å²) in [7, 11) is 1.69. The van der Waals surface area contributed by atoms with E-state index < -0.39 is 0 Å². The summed E-state index contributed by atoms with van der Waals surface area (Å²) in [6.07, 6.45) is 3.93. The zero-order valence-electron chi connectivity index (χ0n) is 10.2. The van der Waals surface area contributed by atoms with Crippen LogP contribution in [0.25, 0.3) is 0 Å². The molecular formula is C12H21NO3. The zero-order chi connectivity index (χ0) is 11.8. The van der Waals surface area contributed by atoms with Gasteiger partial charge >= 0.3 is 0 Å². The molecule has 0 N–H and O–H groups in total. The second-order valence-electron chi connectivity index (χ2n) is 3.94. The van der Waals surface area contributed by atoms with Gasteiger partial charge in [-0.25, -0.2) is 0 Å². The smallest absolute Gasteiger partial charge is 0.248 e. The number of methoxy groups -OCH3 is 1. The minimum absolute atomic E-state index is 0.0844. The van der Waals surface area contributed by atoms with Crippen molar-refractivity contribution in [3.63, 3.8) is 0 Å². The molecule has 0 spiro atoms. The molecule has 4 heteroatoms. The van der Waals surface area contributed by atoms with Crippen LogP contribution in [-0.2, 0) is 14.3 Å². The maximum Gasteiger partial charge on any atom is 0.248 e. The van der Waals surface area contributed by atoms with E-state index in [0.717, 1.165) is 19.4 Å². The highest BCUT2D eigenvalue weighted by Gasteiger charge is 2.16. The lowest BCUT2D eigenvalue weighted by molar-refractivity contribution is -0.135. The molecule has 1 aliphatic rings. The summed E-state index contributed by atoms with van der Waals surface area (Å²) in [5.41, 5.74) is 1.28. The Kier molecular flexibility index (Phi) is 6.11. The number of carbonyl (C=O) groups excluding carboxylic acids is 1. The fraction of sp³-hybridized carbons (Fsp3) is 0.750. The van der Waals surface area contributed by atoms with Gasteiger partial charge in [0.05, 0.1) is 6.61 Å². The third kappa shape index (κ3) is 4.33. The van der Waals surface area contributed by atoms with Gasteiger partial charge in [-0.15, -0.1) is 0 Å². The van der Waals surface area contributed by atoms with Gasteiger partial charge < -0.3 is 14.4 Å². The van der Waals surface area contributed by atoms with Crippen LogP contribution in [0.5, 0.6) is 0 Å². The number of hydrogen-bond acceptors (Lipinski definition) is 3. The Balaban J connectivity index is 2.27. The molecule has 1 amide bonds. The summed E-state index contributed by atoms with van der Waals surface area (Å²) in [6, 6.07) is 0. The van der Waals surface area contributed by atoms with Crippen molar-refractivity contribution in [3.8, 4) is 0 Å². The predicted octanol–water partition coefficient (Wildman–Crippen LogP) is 1.22. The van der Waals surface area contributed by atoms with Crippen molar-refractivity contribution >= 4 is 5.91 Å². The molecule has 0 unspecified atom stereocenters. The SMILES string of the molecule is CCCOCC(=O)N1CC=C(COC)CC1. The van der Waals surface area contributed by atoms with Gasteiger partial charge in [-0.3, -0.25) is 4.79 Å². The fourth-order valence-corrected chi connectivity index (χ4v) is 1.65. The normalized spacial score (nSPS) is 16.1. The Labute approximate surface area is 97.2 Å². The molecule has 1 heterocycles. The molecule has 0 fully saturated rings. The maximum absolute atomic E-state index is 11.7. The molecule has 0 aromatic rings. The molecule has 0 saturated carbocycles. The Morgan fingerprint density at radius 3 is 2.94 bits per heavy atom. The first-order valence-electron chi connectivity index (χ1n) is 5.80. The number of rotatable bonds is 6. The first-order valence-corrected chi connectivity index (χ1v) is 5.80. The van der Waals surface area contributed by atoms with Crippen LogP contribution in [0.2, 0.25) is 0 Å². The van der Waals surface area contributed by atoms with Gasteiger partial charge in [0.25, 0.3) is 0 Å².